The van der Waals surface area contributed by atoms with Crippen molar-refractivity contribution in [1.29, 1.82) is 0 Å². The third-order valence-electron chi connectivity index (χ3n) is 9.00. The molecule has 1 aliphatic heterocycles. The molecule has 0 bridgehead atoms. The Bertz CT molecular complexity index is 1130. The minimum Gasteiger partial charge on any atom is -0.447 e. The summed E-state index contributed by atoms with van der Waals surface area (Å²) in [6.07, 6.45) is 0.521. The molecule has 1 unspecified atom stereocenters. The van der Waals surface area contributed by atoms with Gasteiger partial charge in [-0.3, -0.25) is 19.2 Å². The molecular weight excluding hydrogens is 556 g/mol. The van der Waals surface area contributed by atoms with Gasteiger partial charge in [0.2, 0.25) is 17.6 Å². The maximum absolute atomic E-state index is 14.1. The number of nitrogens with zero attached hydrogens (tertiary/aromatic N) is 1. The van der Waals surface area contributed by atoms with Crippen molar-refractivity contribution in [2.75, 3.05) is 13.1 Å². The number of piperidine rings is 1. The number of carbonyl (C=O) groups excluding carboxylic acids is 6. The number of hydrogen-bond acceptors (Lipinski definition) is 7. The fourth-order valence-corrected chi connectivity index (χ4v) is 6.09. The largest absolute Gasteiger partial charge is 0.447 e. The predicted octanol–water partition coefficient (Wildman–Crippen LogP) is 1.29. The number of ketones is 1. The second kappa shape index (κ2) is 12.7. The van der Waals surface area contributed by atoms with Gasteiger partial charge in [0.15, 0.2) is 0 Å². The van der Waals surface area contributed by atoms with Crippen molar-refractivity contribution in [3.63, 3.8) is 0 Å². The zero-order chi connectivity index (χ0) is 32.6. The molecule has 0 spiro atoms. The first-order valence-electron chi connectivity index (χ1n) is 15.2. The van der Waals surface area contributed by atoms with E-state index in [2.05, 4.69) is 21.3 Å². The third-order valence-corrected chi connectivity index (χ3v) is 9.00. The van der Waals surface area contributed by atoms with Gasteiger partial charge in [0, 0.05) is 13.1 Å². The molecule has 3 fully saturated rings. The maximum Gasteiger partial charge on any atom is 0.407 e. The van der Waals surface area contributed by atoms with Crippen molar-refractivity contribution in [3.8, 4) is 0 Å². The quantitative estimate of drug-likeness (QED) is 0.207. The van der Waals surface area contributed by atoms with Gasteiger partial charge in [0.25, 0.3) is 5.91 Å². The summed E-state index contributed by atoms with van der Waals surface area (Å²) in [7, 11) is 0. The molecule has 3 aliphatic rings. The highest BCUT2D eigenvalue weighted by Crippen LogP contribution is 2.65. The van der Waals surface area contributed by atoms with Gasteiger partial charge in [-0.1, -0.05) is 48.5 Å². The summed E-state index contributed by atoms with van der Waals surface area (Å²) in [6, 6.07) is -3.89. The summed E-state index contributed by atoms with van der Waals surface area (Å²) >= 11 is 0. The van der Waals surface area contributed by atoms with Gasteiger partial charge >= 0.3 is 12.1 Å². The lowest BCUT2D eigenvalue weighted by molar-refractivity contribution is -0.145. The molecule has 43 heavy (non-hydrogen) atoms. The van der Waals surface area contributed by atoms with Gasteiger partial charge in [-0.05, 0) is 61.2 Å². The van der Waals surface area contributed by atoms with E-state index in [1.807, 2.05) is 48.5 Å². The Hall–Kier alpha value is -3.38. The van der Waals surface area contributed by atoms with E-state index in [1.165, 1.54) is 4.90 Å². The Morgan fingerprint density at radius 1 is 0.977 bits per heavy atom. The van der Waals surface area contributed by atoms with E-state index < -0.39 is 65.2 Å². The van der Waals surface area contributed by atoms with Gasteiger partial charge < -0.3 is 36.6 Å². The lowest BCUT2D eigenvalue weighted by Crippen LogP contribution is -2.62. The van der Waals surface area contributed by atoms with Crippen molar-refractivity contribution >= 4 is 35.6 Å². The molecule has 1 heterocycles. The molecule has 0 aromatic carbocycles. The molecular formula is C30H50N6O7. The average molecular weight is 607 g/mol. The van der Waals surface area contributed by atoms with Gasteiger partial charge in [0.05, 0.1) is 12.1 Å². The number of carbonyl (C=O) groups is 6. The minimum atomic E-state index is -1.10. The molecule has 6 amide bonds. The zero-order valence-electron chi connectivity index (χ0n) is 26.9. The van der Waals surface area contributed by atoms with E-state index >= 15 is 0 Å². The molecule has 3 rings (SSSR count). The summed E-state index contributed by atoms with van der Waals surface area (Å²) in [5, 5.41) is 11.1. The topological polar surface area (TPSA) is 189 Å². The number of alkyl carbamates (subject to hydrolysis) is 1. The molecule has 2 aliphatic carbocycles. The van der Waals surface area contributed by atoms with E-state index in [0.717, 1.165) is 0 Å². The summed E-state index contributed by atoms with van der Waals surface area (Å²) < 4.78 is 5.10. The number of rotatable bonds is 12. The predicted molar refractivity (Wildman–Crippen MR) is 158 cm³/mol. The van der Waals surface area contributed by atoms with Gasteiger partial charge in [-0.2, -0.15) is 0 Å². The SMILES string of the molecule is CC(C)OC(=O)NC[C@@H](NC(=O)N[C@H](C(=O)N1C[C@H]2[C@@H]([C@H]1C(=O)NC(C(=O)C(N)=O)C1CC1)C2(C)C)C(C)(C)C)C(C)C. The summed E-state index contributed by atoms with van der Waals surface area (Å²) in [6.45, 7) is 17.3. The maximum atomic E-state index is 14.1. The first-order valence-corrected chi connectivity index (χ1v) is 15.2. The van der Waals surface area contributed by atoms with Crippen molar-refractivity contribution in [2.24, 2.45) is 40.2 Å². The van der Waals surface area contributed by atoms with Gasteiger partial charge in [-0.25, -0.2) is 9.59 Å². The number of hydrogen-bond donors (Lipinski definition) is 5. The molecule has 0 radical (unpaired) electrons. The normalized spacial score (nSPS) is 24.3. The first-order chi connectivity index (χ1) is 19.8. The molecule has 0 aromatic rings. The van der Waals surface area contributed by atoms with Crippen LogP contribution in [0.3, 0.4) is 0 Å². The molecule has 1 saturated heterocycles. The van der Waals surface area contributed by atoms with E-state index in [0.29, 0.717) is 19.4 Å². The van der Waals surface area contributed by atoms with Crippen LogP contribution in [0.5, 0.6) is 0 Å². The van der Waals surface area contributed by atoms with Crippen molar-refractivity contribution in [1.82, 2.24) is 26.2 Å². The number of amides is 6. The van der Waals surface area contributed by atoms with Crippen LogP contribution in [0.1, 0.15) is 75.2 Å². The van der Waals surface area contributed by atoms with Crippen molar-refractivity contribution in [3.05, 3.63) is 0 Å². The Kier molecular flexibility index (Phi) is 10.1. The number of Topliss-reactive ketones (excluding diaryl/α,β-unsaturated/α-hetero) is 1. The van der Waals surface area contributed by atoms with E-state index in [4.69, 9.17) is 10.5 Å². The van der Waals surface area contributed by atoms with Crippen molar-refractivity contribution in [2.45, 2.75) is 105 Å². The molecule has 0 aromatic heterocycles. The standard InChI is InChI=1S/C30H50N6O7/c1-14(2)18(12-32-28(42)43-15(3)4)33-27(41)35-23(29(5,6)7)26(40)36-13-17-19(30(17,8)9)21(36)25(39)34-20(16-10-11-16)22(37)24(31)38/h14-21,23H,10-13H2,1-9H3,(H2,31,38)(H,32,42)(H,34,39)(H2,33,35,41)/t17-,18+,19-,20?,21-,23+/m0/s1. The monoisotopic (exact) mass is 606 g/mol. The van der Waals surface area contributed by atoms with Crippen LogP contribution in [0.25, 0.3) is 0 Å². The van der Waals surface area contributed by atoms with Crippen LogP contribution in [0.2, 0.25) is 0 Å². The molecule has 6 atom stereocenters. The number of ether oxygens (including phenoxy) is 1. The summed E-state index contributed by atoms with van der Waals surface area (Å²) in [5.41, 5.74) is 4.35. The van der Waals surface area contributed by atoms with Gasteiger partial charge in [-0.15, -0.1) is 0 Å². The van der Waals surface area contributed by atoms with Crippen LogP contribution >= 0.6 is 0 Å². The number of urea groups is 1. The fourth-order valence-electron chi connectivity index (χ4n) is 6.09. The van der Waals surface area contributed by atoms with E-state index in [-0.39, 0.29) is 41.7 Å². The highest BCUT2D eigenvalue weighted by atomic mass is 16.6. The summed E-state index contributed by atoms with van der Waals surface area (Å²) in [4.78, 5) is 78.6. The lowest BCUT2D eigenvalue weighted by Gasteiger charge is -2.38. The first kappa shape index (κ1) is 34.1. The number of likely N-dealkylation sites (tertiary alicyclic amines) is 1. The van der Waals surface area contributed by atoms with E-state index in [1.54, 1.807) is 13.8 Å². The molecule has 6 N–H and O–H groups in total. The number of fused-ring (bicyclic) bond motifs is 1. The smallest absolute Gasteiger partial charge is 0.407 e. The van der Waals surface area contributed by atoms with Crippen LogP contribution in [0.15, 0.2) is 0 Å². The Morgan fingerprint density at radius 2 is 1.58 bits per heavy atom. The number of nitrogens with one attached hydrogen (secondary N) is 4. The second-order valence-corrected chi connectivity index (χ2v) is 14.5. The molecule has 2 saturated carbocycles. The molecule has 242 valence electrons. The third kappa shape index (κ3) is 7.97. The van der Waals surface area contributed by atoms with Crippen molar-refractivity contribution < 1.29 is 33.5 Å². The lowest BCUT2D eigenvalue weighted by atomic mass is 9.85. The Morgan fingerprint density at radius 3 is 2.07 bits per heavy atom. The Labute approximate surface area is 254 Å². The summed E-state index contributed by atoms with van der Waals surface area (Å²) in [5.74, 6) is -3.08. The highest BCUT2D eigenvalue weighted by molar-refractivity contribution is 6.38. The van der Waals surface area contributed by atoms with Crippen LogP contribution in [-0.4, -0.2) is 83.9 Å². The van der Waals surface area contributed by atoms with Crippen LogP contribution in [0.4, 0.5) is 9.59 Å². The second-order valence-electron chi connectivity index (χ2n) is 14.5. The fraction of sp³-hybridized carbons (Fsp3) is 0.800. The molecule has 13 nitrogen and oxygen atoms in total. The van der Waals surface area contributed by atoms with Crippen LogP contribution in [0, 0.1) is 34.5 Å². The van der Waals surface area contributed by atoms with E-state index in [9.17, 15) is 28.8 Å². The number of nitrogens with two attached hydrogens (primary N) is 1. The average Bonchev–Trinajstić information content (AvgIpc) is 3.74. The van der Waals surface area contributed by atoms with Crippen LogP contribution < -0.4 is 27.0 Å². The zero-order valence-corrected chi connectivity index (χ0v) is 26.9. The Balaban J connectivity index is 1.75. The minimum absolute atomic E-state index is 0.0441. The highest BCUT2D eigenvalue weighted by Gasteiger charge is 2.70. The van der Waals surface area contributed by atoms with Crippen LogP contribution in [-0.2, 0) is 23.9 Å². The van der Waals surface area contributed by atoms with Gasteiger partial charge in [0.1, 0.15) is 18.1 Å². The molecule has 13 heteroatoms. The number of primary amides is 1.